The lowest BCUT2D eigenvalue weighted by atomic mass is 10.0. The van der Waals surface area contributed by atoms with Crippen molar-refractivity contribution in [1.82, 2.24) is 5.43 Å². The fourth-order valence-electron chi connectivity index (χ4n) is 2.39. The third kappa shape index (κ3) is 8.49. The summed E-state index contributed by atoms with van der Waals surface area (Å²) in [6.45, 7) is 3.78. The molecule has 8 heteroatoms. The van der Waals surface area contributed by atoms with E-state index in [1.807, 2.05) is 25.1 Å². The number of ether oxygens (including phenoxy) is 2. The molecular weight excluding hydrogens is 352 g/mol. The Balaban J connectivity index is 0.000000314. The molecule has 1 atom stereocenters. The van der Waals surface area contributed by atoms with Gasteiger partial charge in [-0.25, -0.2) is 5.01 Å². The molecule has 0 aromatic heterocycles. The molecule has 1 aromatic carbocycles. The Morgan fingerprint density at radius 1 is 1.00 bits per heavy atom. The van der Waals surface area contributed by atoms with E-state index in [0.717, 1.165) is 12.8 Å². The number of aliphatic hydroxyl groups excluding tert-OH is 2. The quantitative estimate of drug-likeness (QED) is 0.387. The van der Waals surface area contributed by atoms with E-state index in [1.54, 1.807) is 12.1 Å². The predicted octanol–water partition coefficient (Wildman–Crippen LogP) is 0.875. The monoisotopic (exact) mass is 382 g/mol. The number of carbonyl (C=O) groups excluding carboxylic acids is 2. The SMILES string of the molecule is CCCCC1C(=O)NN(c2ccccc2)C1=O.OCCOCCOCCO. The topological polar surface area (TPSA) is 108 Å². The van der Waals surface area contributed by atoms with Crippen molar-refractivity contribution < 1.29 is 29.3 Å². The van der Waals surface area contributed by atoms with E-state index in [4.69, 9.17) is 19.7 Å². The Bertz CT molecular complexity index is 532. The van der Waals surface area contributed by atoms with Crippen LogP contribution in [0.5, 0.6) is 0 Å². The molecule has 1 fully saturated rings. The molecule has 0 saturated carbocycles. The van der Waals surface area contributed by atoms with Crippen LogP contribution in [-0.4, -0.2) is 61.7 Å². The van der Waals surface area contributed by atoms with E-state index in [0.29, 0.717) is 38.5 Å². The van der Waals surface area contributed by atoms with Crippen molar-refractivity contribution in [1.29, 1.82) is 0 Å². The molecule has 0 spiro atoms. The number of carbonyl (C=O) groups is 2. The summed E-state index contributed by atoms with van der Waals surface area (Å²) >= 11 is 0. The molecule has 1 unspecified atom stereocenters. The number of para-hydroxylation sites is 1. The van der Waals surface area contributed by atoms with E-state index < -0.39 is 5.92 Å². The molecule has 0 aliphatic carbocycles. The van der Waals surface area contributed by atoms with E-state index in [1.165, 1.54) is 5.01 Å². The highest BCUT2D eigenvalue weighted by Crippen LogP contribution is 2.22. The maximum atomic E-state index is 12.1. The Morgan fingerprint density at radius 3 is 2.11 bits per heavy atom. The summed E-state index contributed by atoms with van der Waals surface area (Å²) in [6, 6.07) is 9.17. The van der Waals surface area contributed by atoms with Gasteiger partial charge in [0.15, 0.2) is 0 Å². The van der Waals surface area contributed by atoms with Crippen LogP contribution in [0, 0.1) is 5.92 Å². The number of hydrogen-bond donors (Lipinski definition) is 3. The Hall–Kier alpha value is -2.00. The zero-order valence-electron chi connectivity index (χ0n) is 15.8. The van der Waals surface area contributed by atoms with Gasteiger partial charge in [-0.1, -0.05) is 38.0 Å². The van der Waals surface area contributed by atoms with Gasteiger partial charge in [0.25, 0.3) is 11.8 Å². The molecule has 1 aromatic rings. The first kappa shape index (κ1) is 23.0. The lowest BCUT2D eigenvalue weighted by Gasteiger charge is -2.14. The highest BCUT2D eigenvalue weighted by molar-refractivity contribution is 6.14. The fourth-order valence-corrected chi connectivity index (χ4v) is 2.39. The Morgan fingerprint density at radius 2 is 1.59 bits per heavy atom. The highest BCUT2D eigenvalue weighted by atomic mass is 16.5. The van der Waals surface area contributed by atoms with Gasteiger partial charge in [-0.05, 0) is 18.6 Å². The minimum atomic E-state index is -0.518. The minimum absolute atomic E-state index is 0.0417. The highest BCUT2D eigenvalue weighted by Gasteiger charge is 2.39. The van der Waals surface area contributed by atoms with Crippen LogP contribution in [0.2, 0.25) is 0 Å². The van der Waals surface area contributed by atoms with Gasteiger partial charge in [0, 0.05) is 0 Å². The fraction of sp³-hybridized carbons (Fsp3) is 0.579. The van der Waals surface area contributed by atoms with Crippen molar-refractivity contribution in [2.45, 2.75) is 26.2 Å². The normalized spacial score (nSPS) is 16.1. The number of aliphatic hydroxyl groups is 2. The summed E-state index contributed by atoms with van der Waals surface area (Å²) in [6.07, 6.45) is 2.51. The lowest BCUT2D eigenvalue weighted by molar-refractivity contribution is -0.127. The van der Waals surface area contributed by atoms with Crippen LogP contribution in [0.1, 0.15) is 26.2 Å². The van der Waals surface area contributed by atoms with Gasteiger partial charge in [-0.2, -0.15) is 0 Å². The number of anilines is 1. The number of hydrogen-bond acceptors (Lipinski definition) is 6. The summed E-state index contributed by atoms with van der Waals surface area (Å²) < 4.78 is 9.75. The third-order valence-electron chi connectivity index (χ3n) is 3.76. The number of unbranched alkanes of at least 4 members (excludes halogenated alkanes) is 1. The zero-order chi connectivity index (χ0) is 19.9. The molecule has 1 aliphatic heterocycles. The molecule has 1 saturated heterocycles. The number of rotatable bonds is 11. The molecule has 1 aliphatic rings. The summed E-state index contributed by atoms with van der Waals surface area (Å²) in [4.78, 5) is 23.8. The summed E-state index contributed by atoms with van der Waals surface area (Å²) in [5, 5.41) is 17.9. The molecular formula is C19H30N2O6. The van der Waals surface area contributed by atoms with Crippen LogP contribution in [0.25, 0.3) is 0 Å². The van der Waals surface area contributed by atoms with Crippen LogP contribution >= 0.6 is 0 Å². The smallest absolute Gasteiger partial charge is 0.258 e. The third-order valence-corrected chi connectivity index (χ3v) is 3.76. The maximum Gasteiger partial charge on any atom is 0.258 e. The zero-order valence-corrected chi connectivity index (χ0v) is 15.8. The largest absolute Gasteiger partial charge is 0.394 e. The first-order valence-electron chi connectivity index (χ1n) is 9.22. The lowest BCUT2D eigenvalue weighted by Crippen LogP contribution is -2.35. The number of amides is 2. The maximum absolute atomic E-state index is 12.1. The molecule has 1 heterocycles. The van der Waals surface area contributed by atoms with Crippen molar-refractivity contribution in [2.75, 3.05) is 44.7 Å². The molecule has 2 amide bonds. The van der Waals surface area contributed by atoms with Crippen molar-refractivity contribution >= 4 is 17.5 Å². The first-order chi connectivity index (χ1) is 13.2. The average Bonchev–Trinajstić information content (AvgIpc) is 2.98. The van der Waals surface area contributed by atoms with Crippen LogP contribution < -0.4 is 10.4 Å². The van der Waals surface area contributed by atoms with Crippen LogP contribution in [0.4, 0.5) is 5.69 Å². The predicted molar refractivity (Wildman–Crippen MR) is 101 cm³/mol. The van der Waals surface area contributed by atoms with Gasteiger partial charge in [0.1, 0.15) is 5.92 Å². The van der Waals surface area contributed by atoms with Crippen molar-refractivity contribution in [3.05, 3.63) is 30.3 Å². The van der Waals surface area contributed by atoms with E-state index in [9.17, 15) is 9.59 Å². The van der Waals surface area contributed by atoms with Crippen LogP contribution in [0.15, 0.2) is 30.3 Å². The molecule has 2 rings (SSSR count). The summed E-state index contributed by atoms with van der Waals surface area (Å²) in [7, 11) is 0. The van der Waals surface area contributed by atoms with Gasteiger partial charge in [-0.3, -0.25) is 15.0 Å². The molecule has 0 bridgehead atoms. The molecule has 0 radical (unpaired) electrons. The second-order valence-corrected chi connectivity index (χ2v) is 5.85. The van der Waals surface area contributed by atoms with E-state index >= 15 is 0 Å². The van der Waals surface area contributed by atoms with Crippen molar-refractivity contribution in [3.63, 3.8) is 0 Å². The van der Waals surface area contributed by atoms with Gasteiger partial charge >= 0.3 is 0 Å². The number of nitrogens with one attached hydrogen (secondary N) is 1. The van der Waals surface area contributed by atoms with Crippen molar-refractivity contribution in [2.24, 2.45) is 5.92 Å². The van der Waals surface area contributed by atoms with Crippen LogP contribution in [-0.2, 0) is 19.1 Å². The second kappa shape index (κ2) is 14.1. The van der Waals surface area contributed by atoms with Crippen molar-refractivity contribution in [3.8, 4) is 0 Å². The molecule has 3 N–H and O–H groups in total. The summed E-state index contributed by atoms with van der Waals surface area (Å²) in [5.74, 6) is -0.850. The Kier molecular flexibility index (Phi) is 12.0. The molecule has 27 heavy (non-hydrogen) atoms. The molecule has 8 nitrogen and oxygen atoms in total. The first-order valence-corrected chi connectivity index (χ1v) is 9.22. The van der Waals surface area contributed by atoms with E-state index in [2.05, 4.69) is 5.43 Å². The van der Waals surface area contributed by atoms with Gasteiger partial charge < -0.3 is 19.7 Å². The van der Waals surface area contributed by atoms with Gasteiger partial charge in [-0.15, -0.1) is 0 Å². The number of nitrogens with zero attached hydrogens (tertiary/aromatic N) is 1. The minimum Gasteiger partial charge on any atom is -0.394 e. The second-order valence-electron chi connectivity index (χ2n) is 5.85. The number of benzene rings is 1. The van der Waals surface area contributed by atoms with Crippen LogP contribution in [0.3, 0.4) is 0 Å². The number of hydrazine groups is 1. The van der Waals surface area contributed by atoms with E-state index in [-0.39, 0.29) is 25.0 Å². The average molecular weight is 382 g/mol. The molecule has 152 valence electrons. The Labute approximate surface area is 160 Å². The summed E-state index contributed by atoms with van der Waals surface area (Å²) in [5.41, 5.74) is 3.34. The van der Waals surface area contributed by atoms with Gasteiger partial charge in [0.2, 0.25) is 0 Å². The van der Waals surface area contributed by atoms with Gasteiger partial charge in [0.05, 0.1) is 45.3 Å². The standard InChI is InChI=1S/C13H16N2O2.C6H14O4/c1-2-3-9-11-12(16)14-15(13(11)17)10-7-5-4-6-8-10;7-1-3-9-5-6-10-4-2-8/h4-8,11H,2-3,9H2,1H3,(H,14,16);7-8H,1-6H2.